The van der Waals surface area contributed by atoms with Crippen LogP contribution in [0.4, 0.5) is 32.0 Å². The zero-order valence-electron chi connectivity index (χ0n) is 15.1. The molecule has 0 fully saturated rings. The Labute approximate surface area is 161 Å². The van der Waals surface area contributed by atoms with E-state index in [0.29, 0.717) is 0 Å². The lowest BCUT2D eigenvalue weighted by Crippen LogP contribution is -2.41. The third kappa shape index (κ3) is 4.20. The number of ether oxygens (including phenoxy) is 1. The van der Waals surface area contributed by atoms with Crippen LogP contribution >= 0.6 is 0 Å². The van der Waals surface area contributed by atoms with E-state index in [1.54, 1.807) is 6.92 Å². The topological polar surface area (TPSA) is 41.9 Å². The molecule has 0 bridgehead atoms. The molecule has 4 nitrogen and oxygen atoms in total. The van der Waals surface area contributed by atoms with E-state index in [2.05, 4.69) is 4.74 Å². The Bertz CT molecular complexity index is 934. The first-order valence-electron chi connectivity index (χ1n) is 8.32. The Morgan fingerprint density at radius 2 is 1.52 bits per heavy atom. The number of fused-ring (bicyclic) bond motifs is 1. The summed E-state index contributed by atoms with van der Waals surface area (Å²) >= 11 is 0. The largest absolute Gasteiger partial charge is 0.573 e. The Morgan fingerprint density at radius 1 is 0.931 bits per heavy atom. The van der Waals surface area contributed by atoms with E-state index in [1.165, 1.54) is 36.3 Å². The normalized spacial score (nSPS) is 17.2. The van der Waals surface area contributed by atoms with Gasteiger partial charge in [-0.3, -0.25) is 0 Å². The van der Waals surface area contributed by atoms with Crippen molar-refractivity contribution in [2.75, 3.05) is 5.06 Å². The fourth-order valence-corrected chi connectivity index (χ4v) is 2.93. The van der Waals surface area contributed by atoms with Gasteiger partial charge in [-0.05, 0) is 55.8 Å². The molecule has 1 unspecified atom stereocenters. The fraction of sp³-hybridized carbons (Fsp3) is 0.263. The highest BCUT2D eigenvalue weighted by atomic mass is 19.4. The van der Waals surface area contributed by atoms with E-state index in [-0.39, 0.29) is 17.0 Å². The van der Waals surface area contributed by atoms with Crippen LogP contribution in [-0.2, 0) is 6.18 Å². The summed E-state index contributed by atoms with van der Waals surface area (Å²) in [6.07, 6.45) is -9.56. The summed E-state index contributed by atoms with van der Waals surface area (Å²) in [4.78, 5) is 5.65. The quantitative estimate of drug-likeness (QED) is 0.611. The molecule has 1 N–H and O–H groups in total. The lowest BCUT2D eigenvalue weighted by Gasteiger charge is -2.37. The molecule has 0 saturated carbocycles. The Morgan fingerprint density at radius 3 is 2.07 bits per heavy atom. The van der Waals surface area contributed by atoms with Gasteiger partial charge in [0.2, 0.25) is 0 Å². The van der Waals surface area contributed by atoms with Gasteiger partial charge in [-0.25, -0.2) is 5.06 Å². The molecule has 1 atom stereocenters. The zero-order valence-corrected chi connectivity index (χ0v) is 15.1. The summed E-state index contributed by atoms with van der Waals surface area (Å²) in [5.41, 5.74) is -1.23. The monoisotopic (exact) mass is 419 g/mol. The number of hydrogen-bond donors (Lipinski definition) is 1. The Hall–Kier alpha value is -3.04. The van der Waals surface area contributed by atoms with Crippen molar-refractivity contribution in [1.82, 2.24) is 0 Å². The summed E-state index contributed by atoms with van der Waals surface area (Å²) in [7, 11) is 0. The zero-order chi connectivity index (χ0) is 21.6. The third-order valence-electron chi connectivity index (χ3n) is 4.44. The van der Waals surface area contributed by atoms with E-state index < -0.39 is 41.2 Å². The minimum Gasteiger partial charge on any atom is -0.507 e. The Kier molecular flexibility index (Phi) is 5.06. The standard InChI is InChI=1S/C19H15F6NO3/c1-10-11(2)26(29-13-8-6-12(7-9-13)28-19(23,24)25)15-5-3-4-14(18(20,21)22)16(15)17(10)27/h3-9,11,27H,1-2H3. The smallest absolute Gasteiger partial charge is 0.507 e. The molecule has 0 radical (unpaired) electrons. The van der Waals surface area contributed by atoms with Crippen LogP contribution in [0.3, 0.4) is 0 Å². The number of aliphatic hydroxyl groups excluding tert-OH is 1. The maximum Gasteiger partial charge on any atom is 0.573 e. The highest BCUT2D eigenvalue weighted by Crippen LogP contribution is 2.44. The maximum atomic E-state index is 13.4. The summed E-state index contributed by atoms with van der Waals surface area (Å²) in [5, 5.41) is 11.5. The molecule has 0 aliphatic carbocycles. The minimum absolute atomic E-state index is 0.0222. The first-order chi connectivity index (χ1) is 13.4. The number of rotatable bonds is 3. The number of hydrogen-bond acceptors (Lipinski definition) is 4. The lowest BCUT2D eigenvalue weighted by molar-refractivity contribution is -0.274. The van der Waals surface area contributed by atoms with Gasteiger partial charge in [-0.1, -0.05) is 6.07 Å². The van der Waals surface area contributed by atoms with Crippen LogP contribution in [0.25, 0.3) is 5.76 Å². The van der Waals surface area contributed by atoms with Gasteiger partial charge in [0.15, 0.2) is 5.75 Å². The molecular weight excluding hydrogens is 404 g/mol. The number of hydroxylamine groups is 1. The molecule has 1 aliphatic heterocycles. The van der Waals surface area contributed by atoms with Crippen LogP contribution in [-0.4, -0.2) is 17.5 Å². The molecule has 2 aromatic carbocycles. The molecule has 3 rings (SSSR count). The van der Waals surface area contributed by atoms with Crippen LogP contribution in [0.15, 0.2) is 48.0 Å². The molecule has 1 aliphatic rings. The van der Waals surface area contributed by atoms with Gasteiger partial charge in [-0.15, -0.1) is 13.2 Å². The molecule has 1 heterocycles. The van der Waals surface area contributed by atoms with Crippen molar-refractivity contribution in [3.63, 3.8) is 0 Å². The van der Waals surface area contributed by atoms with Crippen molar-refractivity contribution in [2.24, 2.45) is 0 Å². The molecule has 2 aromatic rings. The molecule has 29 heavy (non-hydrogen) atoms. The number of halogens is 6. The molecule has 0 saturated heterocycles. The highest BCUT2D eigenvalue weighted by molar-refractivity contribution is 5.81. The van der Waals surface area contributed by atoms with Crippen molar-refractivity contribution in [1.29, 1.82) is 0 Å². The average molecular weight is 419 g/mol. The van der Waals surface area contributed by atoms with Gasteiger partial charge >= 0.3 is 12.5 Å². The summed E-state index contributed by atoms with van der Waals surface area (Å²) < 4.78 is 80.8. The molecule has 0 spiro atoms. The fourth-order valence-electron chi connectivity index (χ4n) is 2.93. The Balaban J connectivity index is 1.98. The van der Waals surface area contributed by atoms with Gasteiger partial charge in [0, 0.05) is 0 Å². The number of anilines is 1. The van der Waals surface area contributed by atoms with Gasteiger partial charge in [0.1, 0.15) is 11.5 Å². The minimum atomic E-state index is -4.85. The molecule has 0 aromatic heterocycles. The molecule has 10 heteroatoms. The van der Waals surface area contributed by atoms with Crippen molar-refractivity contribution < 1.29 is 41.0 Å². The summed E-state index contributed by atoms with van der Waals surface area (Å²) in [6, 6.07) is 7.15. The lowest BCUT2D eigenvalue weighted by atomic mass is 9.93. The second kappa shape index (κ2) is 7.09. The van der Waals surface area contributed by atoms with Gasteiger partial charge in [0.05, 0.1) is 22.9 Å². The van der Waals surface area contributed by atoms with E-state index >= 15 is 0 Å². The summed E-state index contributed by atoms with van der Waals surface area (Å²) in [6.45, 7) is 3.07. The SMILES string of the molecule is CC1=C(O)c2c(cccc2C(F)(F)F)N(Oc2ccc(OC(F)(F)F)cc2)C1C. The van der Waals surface area contributed by atoms with Crippen LogP contribution in [0.2, 0.25) is 0 Å². The number of aliphatic hydroxyl groups is 1. The molecule has 156 valence electrons. The summed E-state index contributed by atoms with van der Waals surface area (Å²) in [5.74, 6) is -0.886. The second-order valence-corrected chi connectivity index (χ2v) is 6.34. The predicted molar refractivity (Wildman–Crippen MR) is 92.4 cm³/mol. The molecule has 0 amide bonds. The van der Waals surface area contributed by atoms with E-state index in [4.69, 9.17) is 4.84 Å². The predicted octanol–water partition coefficient (Wildman–Crippen LogP) is 6.10. The van der Waals surface area contributed by atoms with Gasteiger partial charge < -0.3 is 14.7 Å². The van der Waals surface area contributed by atoms with Crippen molar-refractivity contribution in [3.05, 3.63) is 59.2 Å². The van der Waals surface area contributed by atoms with Crippen molar-refractivity contribution in [3.8, 4) is 11.5 Å². The van der Waals surface area contributed by atoms with Gasteiger partial charge in [0.25, 0.3) is 0 Å². The van der Waals surface area contributed by atoms with E-state index in [0.717, 1.165) is 18.2 Å². The van der Waals surface area contributed by atoms with E-state index in [9.17, 15) is 31.4 Å². The van der Waals surface area contributed by atoms with E-state index in [1.807, 2.05) is 0 Å². The van der Waals surface area contributed by atoms with Crippen molar-refractivity contribution in [2.45, 2.75) is 32.4 Å². The maximum absolute atomic E-state index is 13.4. The van der Waals surface area contributed by atoms with Crippen LogP contribution in [0.5, 0.6) is 11.5 Å². The molecular formula is C19H15F6NO3. The van der Waals surface area contributed by atoms with Gasteiger partial charge in [-0.2, -0.15) is 13.2 Å². The number of benzene rings is 2. The van der Waals surface area contributed by atoms with Crippen LogP contribution in [0.1, 0.15) is 25.0 Å². The highest BCUT2D eigenvalue weighted by Gasteiger charge is 2.40. The third-order valence-corrected chi connectivity index (χ3v) is 4.44. The second-order valence-electron chi connectivity index (χ2n) is 6.34. The van der Waals surface area contributed by atoms with Crippen LogP contribution in [0, 0.1) is 0 Å². The number of alkyl halides is 6. The average Bonchev–Trinajstić information content (AvgIpc) is 2.62. The first kappa shape index (κ1) is 20.7. The number of nitrogens with zero attached hydrogens (tertiary/aromatic N) is 1. The van der Waals surface area contributed by atoms with Crippen LogP contribution < -0.4 is 14.6 Å². The first-order valence-corrected chi connectivity index (χ1v) is 8.32. The van der Waals surface area contributed by atoms with Crippen molar-refractivity contribution >= 4 is 11.4 Å².